The van der Waals surface area contributed by atoms with E-state index in [9.17, 15) is 4.79 Å². The molecule has 88 valence electrons. The number of aromatic nitrogens is 2. The van der Waals surface area contributed by atoms with Gasteiger partial charge in [0.15, 0.2) is 5.13 Å². The molecule has 2 aromatic rings. The van der Waals surface area contributed by atoms with Crippen molar-refractivity contribution in [2.24, 2.45) is 0 Å². The van der Waals surface area contributed by atoms with Crippen LogP contribution in [0.25, 0.3) is 11.3 Å². The quantitative estimate of drug-likeness (QED) is 0.839. The van der Waals surface area contributed by atoms with Crippen LogP contribution in [0.2, 0.25) is 0 Å². The zero-order valence-electron chi connectivity index (χ0n) is 8.85. The standard InChI is InChI=1S/C10H8N4OS.BrH/c1-5-7(8-4-16-10(12)14-8)2-6(3-11)9(15)13-5;/h2,4H,1H3,(H2,12,14)(H,13,15);1H. The molecule has 0 aliphatic heterocycles. The monoisotopic (exact) mass is 312 g/mol. The molecule has 0 bridgehead atoms. The van der Waals surface area contributed by atoms with Gasteiger partial charge in [-0.15, -0.1) is 28.3 Å². The fourth-order valence-corrected chi connectivity index (χ4v) is 1.95. The van der Waals surface area contributed by atoms with Crippen molar-refractivity contribution in [3.05, 3.63) is 33.1 Å². The van der Waals surface area contributed by atoms with Crippen LogP contribution in [-0.4, -0.2) is 9.97 Å². The second-order valence-electron chi connectivity index (χ2n) is 3.23. The van der Waals surface area contributed by atoms with Gasteiger partial charge in [-0.1, -0.05) is 0 Å². The Morgan fingerprint density at radius 2 is 2.29 bits per heavy atom. The number of hydrogen-bond donors (Lipinski definition) is 2. The number of thiazole rings is 1. The Morgan fingerprint density at radius 1 is 1.59 bits per heavy atom. The molecule has 2 aromatic heterocycles. The number of hydrogen-bond acceptors (Lipinski definition) is 5. The minimum absolute atomic E-state index is 0. The SMILES string of the molecule is Br.Cc1[nH]c(=O)c(C#N)cc1-c1csc(N)n1. The Labute approximate surface area is 112 Å². The predicted octanol–water partition coefficient (Wildman–Crippen LogP) is 1.84. The number of H-pyrrole nitrogens is 1. The van der Waals surface area contributed by atoms with Gasteiger partial charge in [-0.2, -0.15) is 5.26 Å². The predicted molar refractivity (Wildman–Crippen MR) is 72.4 cm³/mol. The maximum Gasteiger partial charge on any atom is 0.266 e. The van der Waals surface area contributed by atoms with E-state index in [4.69, 9.17) is 11.0 Å². The highest BCUT2D eigenvalue weighted by Crippen LogP contribution is 2.24. The number of aryl methyl sites for hydroxylation is 1. The lowest BCUT2D eigenvalue weighted by atomic mass is 10.1. The Kier molecular flexibility index (Phi) is 4.04. The van der Waals surface area contributed by atoms with Crippen molar-refractivity contribution in [2.45, 2.75) is 6.92 Å². The number of nitrogens with zero attached hydrogens (tertiary/aromatic N) is 2. The fraction of sp³-hybridized carbons (Fsp3) is 0.100. The van der Waals surface area contributed by atoms with Gasteiger partial charge < -0.3 is 10.7 Å². The van der Waals surface area contributed by atoms with Crippen molar-refractivity contribution in [3.8, 4) is 17.3 Å². The summed E-state index contributed by atoms with van der Waals surface area (Å²) in [4.78, 5) is 18.1. The van der Waals surface area contributed by atoms with Crippen LogP contribution in [0.1, 0.15) is 11.3 Å². The third kappa shape index (κ3) is 2.54. The summed E-state index contributed by atoms with van der Waals surface area (Å²) in [6, 6.07) is 3.37. The lowest BCUT2D eigenvalue weighted by Crippen LogP contribution is -2.12. The van der Waals surface area contributed by atoms with Crippen molar-refractivity contribution in [2.75, 3.05) is 5.73 Å². The summed E-state index contributed by atoms with van der Waals surface area (Å²) in [5.41, 5.74) is 7.31. The molecule has 0 aromatic carbocycles. The molecular formula is C10H9BrN4OS. The Morgan fingerprint density at radius 3 is 2.82 bits per heavy atom. The zero-order valence-corrected chi connectivity index (χ0v) is 11.4. The first-order valence-electron chi connectivity index (χ1n) is 4.47. The molecule has 3 N–H and O–H groups in total. The summed E-state index contributed by atoms with van der Waals surface area (Å²) in [6.07, 6.45) is 0. The van der Waals surface area contributed by atoms with Gasteiger partial charge in [-0.3, -0.25) is 4.79 Å². The number of nitrogens with two attached hydrogens (primary N) is 1. The number of rotatable bonds is 1. The van der Waals surface area contributed by atoms with E-state index in [1.165, 1.54) is 17.4 Å². The number of anilines is 1. The molecule has 17 heavy (non-hydrogen) atoms. The van der Waals surface area contributed by atoms with E-state index < -0.39 is 0 Å². The highest BCUT2D eigenvalue weighted by Gasteiger charge is 2.09. The molecule has 0 atom stereocenters. The Balaban J connectivity index is 0.00000144. The van der Waals surface area contributed by atoms with Gasteiger partial charge in [-0.25, -0.2) is 4.98 Å². The zero-order chi connectivity index (χ0) is 11.7. The lowest BCUT2D eigenvalue weighted by Gasteiger charge is -2.02. The van der Waals surface area contributed by atoms with Gasteiger partial charge >= 0.3 is 0 Å². The smallest absolute Gasteiger partial charge is 0.266 e. The number of nitrogen functional groups attached to an aromatic ring is 1. The molecule has 0 spiro atoms. The highest BCUT2D eigenvalue weighted by molar-refractivity contribution is 8.93. The molecule has 2 rings (SSSR count). The molecule has 0 fully saturated rings. The van der Waals surface area contributed by atoms with Crippen LogP contribution >= 0.6 is 28.3 Å². The number of halogens is 1. The van der Waals surface area contributed by atoms with Gasteiger partial charge in [0.2, 0.25) is 0 Å². The summed E-state index contributed by atoms with van der Waals surface area (Å²) in [7, 11) is 0. The van der Waals surface area contributed by atoms with E-state index in [1.54, 1.807) is 12.3 Å². The molecule has 0 saturated heterocycles. The van der Waals surface area contributed by atoms with Crippen molar-refractivity contribution in [1.29, 1.82) is 5.26 Å². The minimum atomic E-state index is -0.382. The first kappa shape index (κ1) is 13.4. The Hall–Kier alpha value is -1.65. The van der Waals surface area contributed by atoms with E-state index in [2.05, 4.69) is 9.97 Å². The average molecular weight is 313 g/mol. The number of aromatic amines is 1. The third-order valence-electron chi connectivity index (χ3n) is 2.16. The van der Waals surface area contributed by atoms with Crippen molar-refractivity contribution in [1.82, 2.24) is 9.97 Å². The second-order valence-corrected chi connectivity index (χ2v) is 4.12. The molecule has 0 unspecified atom stereocenters. The molecule has 5 nitrogen and oxygen atoms in total. The number of nitriles is 1. The van der Waals surface area contributed by atoms with Crippen LogP contribution in [0.5, 0.6) is 0 Å². The normalized spacial score (nSPS) is 9.41. The summed E-state index contributed by atoms with van der Waals surface area (Å²) in [5, 5.41) is 11.0. The maximum absolute atomic E-state index is 11.3. The van der Waals surface area contributed by atoms with Gasteiger partial charge in [0.1, 0.15) is 11.6 Å². The van der Waals surface area contributed by atoms with E-state index in [0.29, 0.717) is 16.5 Å². The third-order valence-corrected chi connectivity index (χ3v) is 2.83. The van der Waals surface area contributed by atoms with Crippen molar-refractivity contribution >= 4 is 33.4 Å². The maximum atomic E-state index is 11.3. The molecule has 0 saturated carbocycles. The summed E-state index contributed by atoms with van der Waals surface area (Å²) in [5.74, 6) is 0. The van der Waals surface area contributed by atoms with Crippen molar-refractivity contribution < 1.29 is 0 Å². The van der Waals surface area contributed by atoms with Crippen LogP contribution in [0.3, 0.4) is 0 Å². The van der Waals surface area contributed by atoms with Crippen LogP contribution in [0, 0.1) is 18.3 Å². The van der Waals surface area contributed by atoms with E-state index in [-0.39, 0.29) is 28.1 Å². The van der Waals surface area contributed by atoms with Gasteiger partial charge in [0.05, 0.1) is 5.69 Å². The Bertz CT molecular complexity index is 640. The average Bonchev–Trinajstić information content (AvgIpc) is 2.65. The lowest BCUT2D eigenvalue weighted by molar-refractivity contribution is 1.13. The van der Waals surface area contributed by atoms with Crippen LogP contribution in [0.15, 0.2) is 16.2 Å². The molecule has 0 radical (unpaired) electrons. The van der Waals surface area contributed by atoms with Crippen LogP contribution in [-0.2, 0) is 0 Å². The van der Waals surface area contributed by atoms with E-state index in [1.807, 2.05) is 6.07 Å². The first-order valence-corrected chi connectivity index (χ1v) is 5.35. The van der Waals surface area contributed by atoms with Crippen molar-refractivity contribution in [3.63, 3.8) is 0 Å². The number of pyridine rings is 1. The second kappa shape index (κ2) is 5.12. The molecule has 0 amide bonds. The molecule has 7 heteroatoms. The summed E-state index contributed by atoms with van der Waals surface area (Å²) in [6.45, 7) is 1.76. The van der Waals surface area contributed by atoms with E-state index >= 15 is 0 Å². The van der Waals surface area contributed by atoms with Gasteiger partial charge in [-0.05, 0) is 13.0 Å². The van der Waals surface area contributed by atoms with Gasteiger partial charge in [0, 0.05) is 16.6 Å². The molecular weight excluding hydrogens is 304 g/mol. The minimum Gasteiger partial charge on any atom is -0.375 e. The molecule has 0 aliphatic rings. The summed E-state index contributed by atoms with van der Waals surface area (Å²) >= 11 is 1.32. The number of nitrogens with one attached hydrogen (secondary N) is 1. The fourth-order valence-electron chi connectivity index (χ4n) is 1.38. The largest absolute Gasteiger partial charge is 0.375 e. The van der Waals surface area contributed by atoms with Gasteiger partial charge in [0.25, 0.3) is 5.56 Å². The molecule has 0 aliphatic carbocycles. The first-order chi connectivity index (χ1) is 7.61. The summed E-state index contributed by atoms with van der Waals surface area (Å²) < 4.78 is 0. The topological polar surface area (TPSA) is 95.6 Å². The van der Waals surface area contributed by atoms with Crippen LogP contribution in [0.4, 0.5) is 5.13 Å². The van der Waals surface area contributed by atoms with Crippen LogP contribution < -0.4 is 11.3 Å². The highest BCUT2D eigenvalue weighted by atomic mass is 79.9. The van der Waals surface area contributed by atoms with E-state index in [0.717, 1.165) is 5.56 Å². The molecule has 2 heterocycles.